The standard InChI is InChI=1S/C4H9ClO2.C4H11NO2.H3N.H2O/c2*1-7-3-4(6)2-5;;/h4,6H,2-3H2,1H3;4,6H,2-3,5H2,1H3;1H3;1H2. The number of hydrogen-bond acceptors (Lipinski definition) is 6. The van der Waals surface area contributed by atoms with Crippen molar-refractivity contribution in [1.29, 1.82) is 0 Å². The van der Waals surface area contributed by atoms with Crippen LogP contribution in [-0.4, -0.2) is 67.8 Å². The molecule has 0 aromatic rings. The first kappa shape index (κ1) is 25.0. The number of aliphatic hydroxyl groups is 2. The number of hydrogen-bond donors (Lipinski definition) is 4. The Hall–Kier alpha value is 0.01000. The van der Waals surface area contributed by atoms with Gasteiger partial charge in [0.05, 0.1) is 31.3 Å². The molecule has 0 spiro atoms. The number of nitrogens with two attached hydrogens (primary N) is 1. The summed E-state index contributed by atoms with van der Waals surface area (Å²) in [6.45, 7) is 0.924. The number of aliphatic hydroxyl groups excluding tert-OH is 2. The molecule has 0 aliphatic heterocycles. The van der Waals surface area contributed by atoms with Crippen LogP contribution in [-0.2, 0) is 9.47 Å². The summed E-state index contributed by atoms with van der Waals surface area (Å²) < 4.78 is 9.12. The molecule has 0 radical (unpaired) electrons. The van der Waals surface area contributed by atoms with Gasteiger partial charge in [0.1, 0.15) is 0 Å². The van der Waals surface area contributed by atoms with Crippen molar-refractivity contribution in [2.75, 3.05) is 39.9 Å². The minimum atomic E-state index is -0.508. The molecular formula is C8H25ClN2O5. The van der Waals surface area contributed by atoms with Crippen molar-refractivity contribution < 1.29 is 25.2 Å². The second-order valence-electron chi connectivity index (χ2n) is 2.61. The van der Waals surface area contributed by atoms with Gasteiger partial charge in [0.25, 0.3) is 0 Å². The Bertz CT molecular complexity index is 100. The second-order valence-corrected chi connectivity index (χ2v) is 2.92. The highest BCUT2D eigenvalue weighted by Gasteiger charge is 1.97. The van der Waals surface area contributed by atoms with Gasteiger partial charge in [-0.05, 0) is 0 Å². The molecule has 104 valence electrons. The zero-order valence-electron chi connectivity index (χ0n) is 9.86. The topological polar surface area (TPSA) is 151 Å². The lowest BCUT2D eigenvalue weighted by atomic mass is 10.4. The van der Waals surface area contributed by atoms with Crippen LogP contribution in [0.2, 0.25) is 0 Å². The number of halogens is 1. The van der Waals surface area contributed by atoms with Crippen molar-refractivity contribution in [2.45, 2.75) is 12.2 Å². The van der Waals surface area contributed by atoms with Crippen molar-refractivity contribution in [3.05, 3.63) is 0 Å². The first-order valence-electron chi connectivity index (χ1n) is 4.22. The number of methoxy groups -OCH3 is 2. The average molecular weight is 265 g/mol. The van der Waals surface area contributed by atoms with Gasteiger partial charge in [-0.3, -0.25) is 0 Å². The molecule has 0 aromatic heterocycles. The second kappa shape index (κ2) is 20.4. The third kappa shape index (κ3) is 23.7. The Morgan fingerprint density at radius 3 is 1.62 bits per heavy atom. The van der Waals surface area contributed by atoms with Crippen LogP contribution in [0.15, 0.2) is 0 Å². The summed E-state index contributed by atoms with van der Waals surface area (Å²) >= 11 is 5.20. The van der Waals surface area contributed by atoms with Gasteiger partial charge < -0.3 is 37.0 Å². The van der Waals surface area contributed by atoms with Gasteiger partial charge in [-0.15, -0.1) is 11.6 Å². The first-order chi connectivity index (χ1) is 6.62. The summed E-state index contributed by atoms with van der Waals surface area (Å²) in [6, 6.07) is 0. The molecule has 0 amide bonds. The molecule has 2 unspecified atom stereocenters. The molecule has 0 rings (SSSR count). The van der Waals surface area contributed by atoms with Gasteiger partial charge in [-0.1, -0.05) is 0 Å². The highest BCUT2D eigenvalue weighted by Crippen LogP contribution is 1.85. The number of ether oxygens (including phenoxy) is 2. The minimum absolute atomic E-state index is 0. The Kier molecular flexibility index (Phi) is 31.9. The fraction of sp³-hybridized carbons (Fsp3) is 1.00. The van der Waals surface area contributed by atoms with Gasteiger partial charge in [-0.2, -0.15) is 0 Å². The SMILES string of the molecule is COCC(O)CCl.COCC(O)CN.N.O. The van der Waals surface area contributed by atoms with E-state index in [1.54, 1.807) is 0 Å². The Balaban J connectivity index is -0.0000000800. The van der Waals surface area contributed by atoms with Crippen molar-refractivity contribution in [2.24, 2.45) is 5.73 Å². The monoisotopic (exact) mass is 264 g/mol. The third-order valence-electron chi connectivity index (χ3n) is 1.17. The van der Waals surface area contributed by atoms with Crippen LogP contribution >= 0.6 is 11.6 Å². The van der Waals surface area contributed by atoms with Gasteiger partial charge in [-0.25, -0.2) is 0 Å². The van der Waals surface area contributed by atoms with Crippen LogP contribution in [0.1, 0.15) is 0 Å². The Morgan fingerprint density at radius 1 is 1.12 bits per heavy atom. The van der Waals surface area contributed by atoms with E-state index in [1.807, 2.05) is 0 Å². The van der Waals surface area contributed by atoms with Crippen molar-refractivity contribution in [3.8, 4) is 0 Å². The van der Waals surface area contributed by atoms with Crippen LogP contribution in [0, 0.1) is 0 Å². The van der Waals surface area contributed by atoms with Gasteiger partial charge in [0.2, 0.25) is 0 Å². The molecule has 0 aromatic carbocycles. The van der Waals surface area contributed by atoms with Crippen LogP contribution < -0.4 is 11.9 Å². The maximum absolute atomic E-state index is 8.61. The normalized spacial score (nSPS) is 12.4. The lowest BCUT2D eigenvalue weighted by Crippen LogP contribution is -2.24. The molecule has 16 heavy (non-hydrogen) atoms. The lowest BCUT2D eigenvalue weighted by Gasteiger charge is -2.02. The largest absolute Gasteiger partial charge is 0.412 e. The zero-order valence-corrected chi connectivity index (χ0v) is 10.6. The summed E-state index contributed by atoms with van der Waals surface area (Å²) in [4.78, 5) is 0. The van der Waals surface area contributed by atoms with E-state index in [-0.39, 0.29) is 24.1 Å². The molecule has 7 nitrogen and oxygen atoms in total. The quantitative estimate of drug-likeness (QED) is 0.430. The van der Waals surface area contributed by atoms with E-state index in [0.717, 1.165) is 0 Å². The highest BCUT2D eigenvalue weighted by molar-refractivity contribution is 6.18. The van der Waals surface area contributed by atoms with E-state index in [2.05, 4.69) is 9.47 Å². The third-order valence-corrected chi connectivity index (χ3v) is 1.52. The average Bonchev–Trinajstić information content (AvgIpc) is 2.19. The molecule has 9 N–H and O–H groups in total. The summed E-state index contributed by atoms with van der Waals surface area (Å²) in [5.41, 5.74) is 5.03. The van der Waals surface area contributed by atoms with Gasteiger partial charge in [0, 0.05) is 20.8 Å². The van der Waals surface area contributed by atoms with Crippen molar-refractivity contribution in [1.82, 2.24) is 6.15 Å². The summed E-state index contributed by atoms with van der Waals surface area (Å²) in [6.07, 6.45) is -1.00. The summed E-state index contributed by atoms with van der Waals surface area (Å²) in [7, 11) is 3.05. The maximum atomic E-state index is 8.61. The Morgan fingerprint density at radius 2 is 1.50 bits per heavy atom. The summed E-state index contributed by atoms with van der Waals surface area (Å²) in [5, 5.41) is 17.2. The van der Waals surface area contributed by atoms with Crippen LogP contribution in [0.4, 0.5) is 0 Å². The molecule has 0 aliphatic rings. The van der Waals surface area contributed by atoms with E-state index in [4.69, 9.17) is 27.5 Å². The van der Waals surface area contributed by atoms with Crippen molar-refractivity contribution >= 4 is 11.6 Å². The number of rotatable bonds is 6. The molecule has 0 bridgehead atoms. The van der Waals surface area contributed by atoms with Crippen LogP contribution in [0.3, 0.4) is 0 Å². The van der Waals surface area contributed by atoms with E-state index in [0.29, 0.717) is 13.2 Å². The maximum Gasteiger partial charge on any atom is 0.0908 e. The lowest BCUT2D eigenvalue weighted by molar-refractivity contribution is 0.0702. The van der Waals surface area contributed by atoms with Crippen LogP contribution in [0.25, 0.3) is 0 Å². The van der Waals surface area contributed by atoms with E-state index in [1.165, 1.54) is 14.2 Å². The molecule has 0 saturated carbocycles. The Labute approximate surface area is 101 Å². The molecule has 0 heterocycles. The molecule has 0 aliphatic carbocycles. The van der Waals surface area contributed by atoms with E-state index >= 15 is 0 Å². The van der Waals surface area contributed by atoms with Crippen LogP contribution in [0.5, 0.6) is 0 Å². The van der Waals surface area contributed by atoms with E-state index in [9.17, 15) is 0 Å². The highest BCUT2D eigenvalue weighted by atomic mass is 35.5. The predicted molar refractivity (Wildman–Crippen MR) is 64.2 cm³/mol. The van der Waals surface area contributed by atoms with Gasteiger partial charge >= 0.3 is 0 Å². The van der Waals surface area contributed by atoms with E-state index < -0.39 is 12.2 Å². The predicted octanol–water partition coefficient (Wildman–Crippen LogP) is -1.48. The molecule has 0 saturated heterocycles. The zero-order chi connectivity index (χ0) is 11.4. The van der Waals surface area contributed by atoms with Crippen molar-refractivity contribution in [3.63, 3.8) is 0 Å². The molecule has 2 atom stereocenters. The summed E-state index contributed by atoms with van der Waals surface area (Å²) in [5.74, 6) is 0.244. The fourth-order valence-electron chi connectivity index (χ4n) is 0.497. The molecule has 0 fully saturated rings. The fourth-order valence-corrected chi connectivity index (χ4v) is 0.586. The minimum Gasteiger partial charge on any atom is -0.412 e. The number of alkyl halides is 1. The molecule has 8 heteroatoms. The molecular weight excluding hydrogens is 240 g/mol. The first-order valence-corrected chi connectivity index (χ1v) is 4.75. The van der Waals surface area contributed by atoms with Gasteiger partial charge in [0.15, 0.2) is 0 Å². The smallest absolute Gasteiger partial charge is 0.0908 e.